The SMILES string of the molecule is FC(F)(F)C1CC(c2cccc3ccccc23)Nc2ccnn21. The Hall–Kier alpha value is -2.50. The van der Waals surface area contributed by atoms with Crippen LogP contribution in [0.4, 0.5) is 19.0 Å². The number of halogens is 3. The molecular formula is C17H14F3N3. The highest BCUT2D eigenvalue weighted by Gasteiger charge is 2.46. The average Bonchev–Trinajstić information content (AvgIpc) is 3.00. The van der Waals surface area contributed by atoms with Crippen LogP contribution >= 0.6 is 0 Å². The van der Waals surface area contributed by atoms with Crippen molar-refractivity contribution in [2.24, 2.45) is 0 Å². The highest BCUT2D eigenvalue weighted by molar-refractivity contribution is 5.86. The van der Waals surface area contributed by atoms with Crippen LogP contribution in [0.1, 0.15) is 24.1 Å². The third-order valence-corrected chi connectivity index (χ3v) is 4.32. The number of alkyl halides is 3. The first-order valence-electron chi connectivity index (χ1n) is 7.38. The highest BCUT2D eigenvalue weighted by atomic mass is 19.4. The summed E-state index contributed by atoms with van der Waals surface area (Å²) in [5, 5.41) is 9.01. The van der Waals surface area contributed by atoms with Crippen molar-refractivity contribution in [3.05, 3.63) is 60.3 Å². The number of aromatic nitrogens is 2. The van der Waals surface area contributed by atoms with E-state index in [1.165, 1.54) is 6.20 Å². The summed E-state index contributed by atoms with van der Waals surface area (Å²) in [6, 6.07) is 13.0. The van der Waals surface area contributed by atoms with Crippen LogP contribution in [-0.2, 0) is 0 Å². The first-order valence-corrected chi connectivity index (χ1v) is 7.38. The van der Waals surface area contributed by atoms with Gasteiger partial charge in [0.1, 0.15) is 5.82 Å². The molecule has 0 bridgehead atoms. The summed E-state index contributed by atoms with van der Waals surface area (Å²) in [6.45, 7) is 0. The molecule has 3 aromatic rings. The Labute approximate surface area is 130 Å². The summed E-state index contributed by atoms with van der Waals surface area (Å²) in [5.74, 6) is 0.400. The smallest absolute Gasteiger partial charge is 0.363 e. The van der Waals surface area contributed by atoms with Gasteiger partial charge in [-0.25, -0.2) is 4.68 Å². The molecule has 6 heteroatoms. The monoisotopic (exact) mass is 317 g/mol. The van der Waals surface area contributed by atoms with E-state index in [1.54, 1.807) is 6.07 Å². The van der Waals surface area contributed by atoms with Gasteiger partial charge in [0.05, 0.1) is 12.2 Å². The van der Waals surface area contributed by atoms with E-state index in [0.29, 0.717) is 5.82 Å². The lowest BCUT2D eigenvalue weighted by Crippen LogP contribution is -2.35. The van der Waals surface area contributed by atoms with Crippen molar-refractivity contribution in [3.63, 3.8) is 0 Å². The molecule has 0 fully saturated rings. The summed E-state index contributed by atoms with van der Waals surface area (Å²) in [7, 11) is 0. The third-order valence-electron chi connectivity index (χ3n) is 4.32. The summed E-state index contributed by atoms with van der Waals surface area (Å²) >= 11 is 0. The van der Waals surface area contributed by atoms with Crippen LogP contribution in [0.3, 0.4) is 0 Å². The summed E-state index contributed by atoms with van der Waals surface area (Å²) in [5.41, 5.74) is 0.879. The van der Waals surface area contributed by atoms with Crippen LogP contribution in [0.5, 0.6) is 0 Å². The Kier molecular flexibility index (Phi) is 3.07. The second-order valence-corrected chi connectivity index (χ2v) is 5.72. The molecule has 1 N–H and O–H groups in total. The Balaban J connectivity index is 1.81. The Morgan fingerprint density at radius 1 is 1.04 bits per heavy atom. The van der Waals surface area contributed by atoms with Gasteiger partial charge >= 0.3 is 6.18 Å². The third kappa shape index (κ3) is 2.34. The molecule has 1 aliphatic heterocycles. The van der Waals surface area contributed by atoms with Crippen molar-refractivity contribution in [2.45, 2.75) is 24.7 Å². The van der Waals surface area contributed by atoms with E-state index in [9.17, 15) is 13.2 Å². The van der Waals surface area contributed by atoms with Crippen molar-refractivity contribution in [3.8, 4) is 0 Å². The first-order chi connectivity index (χ1) is 11.0. The zero-order valence-corrected chi connectivity index (χ0v) is 12.1. The minimum Gasteiger partial charge on any atom is -0.363 e. The fourth-order valence-electron chi connectivity index (χ4n) is 3.27. The molecule has 0 spiro atoms. The van der Waals surface area contributed by atoms with Crippen LogP contribution in [-0.4, -0.2) is 16.0 Å². The van der Waals surface area contributed by atoms with Gasteiger partial charge in [-0.15, -0.1) is 0 Å². The number of rotatable bonds is 1. The molecule has 2 aromatic carbocycles. The van der Waals surface area contributed by atoms with Crippen LogP contribution in [0.2, 0.25) is 0 Å². The number of benzene rings is 2. The zero-order valence-electron chi connectivity index (χ0n) is 12.1. The van der Waals surface area contributed by atoms with Crippen molar-refractivity contribution in [1.82, 2.24) is 9.78 Å². The van der Waals surface area contributed by atoms with Gasteiger partial charge in [0.2, 0.25) is 0 Å². The van der Waals surface area contributed by atoms with Gasteiger partial charge in [0, 0.05) is 12.5 Å². The van der Waals surface area contributed by atoms with Gasteiger partial charge in [0.25, 0.3) is 0 Å². The lowest BCUT2D eigenvalue weighted by molar-refractivity contribution is -0.173. The molecule has 4 rings (SSSR count). The molecule has 0 saturated heterocycles. The fourth-order valence-corrected chi connectivity index (χ4v) is 3.27. The van der Waals surface area contributed by atoms with Gasteiger partial charge in [-0.3, -0.25) is 0 Å². The second kappa shape index (κ2) is 5.01. The number of hydrogen-bond acceptors (Lipinski definition) is 2. The van der Waals surface area contributed by atoms with Crippen LogP contribution in [0, 0.1) is 0 Å². The standard InChI is InChI=1S/C17H14F3N3/c18-17(19,20)15-10-14(22-16-8-9-21-23(15)16)13-7-3-5-11-4-1-2-6-12(11)13/h1-9,14-15,22H,10H2. The largest absolute Gasteiger partial charge is 0.410 e. The summed E-state index contributed by atoms with van der Waals surface area (Å²) in [4.78, 5) is 0. The van der Waals surface area contributed by atoms with E-state index in [4.69, 9.17) is 0 Å². The van der Waals surface area contributed by atoms with Crippen molar-refractivity contribution in [2.75, 3.05) is 5.32 Å². The second-order valence-electron chi connectivity index (χ2n) is 5.72. The Morgan fingerprint density at radius 2 is 1.83 bits per heavy atom. The Bertz CT molecular complexity index is 848. The number of anilines is 1. The topological polar surface area (TPSA) is 29.9 Å². The molecule has 2 heterocycles. The minimum absolute atomic E-state index is 0.0772. The fraction of sp³-hybridized carbons (Fsp3) is 0.235. The van der Waals surface area contributed by atoms with E-state index in [-0.39, 0.29) is 6.42 Å². The van der Waals surface area contributed by atoms with Crippen LogP contribution in [0.25, 0.3) is 10.8 Å². The molecule has 1 aromatic heterocycles. The number of nitrogens with one attached hydrogen (secondary N) is 1. The molecule has 23 heavy (non-hydrogen) atoms. The minimum atomic E-state index is -4.33. The number of hydrogen-bond donors (Lipinski definition) is 1. The molecule has 2 atom stereocenters. The van der Waals surface area contributed by atoms with Crippen molar-refractivity contribution < 1.29 is 13.2 Å². The normalized spacial score (nSPS) is 21.0. The van der Waals surface area contributed by atoms with Gasteiger partial charge in [-0.1, -0.05) is 42.5 Å². The van der Waals surface area contributed by atoms with E-state index in [1.807, 2.05) is 42.5 Å². The molecule has 0 saturated carbocycles. The van der Waals surface area contributed by atoms with Gasteiger partial charge in [-0.2, -0.15) is 18.3 Å². The molecular weight excluding hydrogens is 303 g/mol. The van der Waals surface area contributed by atoms with Crippen molar-refractivity contribution >= 4 is 16.6 Å². The van der Waals surface area contributed by atoms with Gasteiger partial charge < -0.3 is 5.32 Å². The molecule has 0 aliphatic carbocycles. The predicted molar refractivity (Wildman–Crippen MR) is 82.2 cm³/mol. The molecule has 118 valence electrons. The Morgan fingerprint density at radius 3 is 2.65 bits per heavy atom. The predicted octanol–water partition coefficient (Wildman–Crippen LogP) is 4.70. The zero-order chi connectivity index (χ0) is 16.0. The first kappa shape index (κ1) is 14.1. The highest BCUT2D eigenvalue weighted by Crippen LogP contribution is 2.44. The van der Waals surface area contributed by atoms with Crippen LogP contribution < -0.4 is 5.32 Å². The van der Waals surface area contributed by atoms with E-state index < -0.39 is 18.3 Å². The lowest BCUT2D eigenvalue weighted by Gasteiger charge is -2.34. The summed E-state index contributed by atoms with van der Waals surface area (Å²) < 4.78 is 41.3. The van der Waals surface area contributed by atoms with E-state index in [2.05, 4.69) is 10.4 Å². The molecule has 1 aliphatic rings. The van der Waals surface area contributed by atoms with E-state index in [0.717, 1.165) is 21.0 Å². The molecule has 3 nitrogen and oxygen atoms in total. The average molecular weight is 317 g/mol. The number of fused-ring (bicyclic) bond motifs is 2. The van der Waals surface area contributed by atoms with Crippen LogP contribution in [0.15, 0.2) is 54.7 Å². The quantitative estimate of drug-likeness (QED) is 0.705. The lowest BCUT2D eigenvalue weighted by atomic mass is 9.93. The molecule has 0 amide bonds. The maximum absolute atomic E-state index is 13.4. The molecule has 0 radical (unpaired) electrons. The van der Waals surface area contributed by atoms with Gasteiger partial charge in [-0.05, 0) is 16.3 Å². The maximum atomic E-state index is 13.4. The maximum Gasteiger partial charge on any atom is 0.410 e. The summed E-state index contributed by atoms with van der Waals surface area (Å²) in [6.07, 6.45) is -3.01. The van der Waals surface area contributed by atoms with Gasteiger partial charge in [0.15, 0.2) is 6.04 Å². The number of nitrogens with zero attached hydrogens (tertiary/aromatic N) is 2. The molecule has 2 unspecified atom stereocenters. The van der Waals surface area contributed by atoms with E-state index >= 15 is 0 Å². The van der Waals surface area contributed by atoms with Crippen molar-refractivity contribution in [1.29, 1.82) is 0 Å².